The summed E-state index contributed by atoms with van der Waals surface area (Å²) in [5.41, 5.74) is 21.4. The molecule has 3 aliphatic heterocycles. The summed E-state index contributed by atoms with van der Waals surface area (Å²) in [6.07, 6.45) is 18.7. The molecule has 6 aromatic carbocycles. The molecule has 10 rings (SSSR count). The lowest BCUT2D eigenvalue weighted by molar-refractivity contribution is -0.384. The summed E-state index contributed by atoms with van der Waals surface area (Å²) in [5, 5.41) is 15.1. The first-order valence-corrected chi connectivity index (χ1v) is 32.4. The number of amides is 4. The van der Waals surface area contributed by atoms with E-state index in [1.807, 2.05) is 107 Å². The summed E-state index contributed by atoms with van der Waals surface area (Å²) in [7, 11) is 8.18. The molecule has 19 nitrogen and oxygen atoms in total. The Labute approximate surface area is 560 Å². The number of nitro benzene ring substituents is 1. The summed E-state index contributed by atoms with van der Waals surface area (Å²) in [5.74, 6) is 4.07. The topological polar surface area (TPSA) is 236 Å². The predicted octanol–water partition coefficient (Wildman–Crippen LogP) is 13.8. The van der Waals surface area contributed by atoms with Gasteiger partial charge in [-0.25, -0.2) is 0 Å². The summed E-state index contributed by atoms with van der Waals surface area (Å²) < 4.78 is 28.6. The molecule has 0 atom stereocenters. The predicted molar refractivity (Wildman–Crippen MR) is 381 cm³/mol. The third kappa shape index (κ3) is 20.9. The van der Waals surface area contributed by atoms with Gasteiger partial charge in [-0.15, -0.1) is 26.3 Å². The van der Waals surface area contributed by atoms with Gasteiger partial charge in [0.1, 0.15) is 28.7 Å². The Morgan fingerprint density at radius 1 is 0.617 bits per heavy atom. The van der Waals surface area contributed by atoms with Crippen molar-refractivity contribution in [3.05, 3.63) is 216 Å². The lowest BCUT2D eigenvalue weighted by Gasteiger charge is -2.33. The van der Waals surface area contributed by atoms with Crippen molar-refractivity contribution in [2.75, 3.05) is 94.5 Å². The Morgan fingerprint density at radius 3 is 1.59 bits per heavy atom. The molecule has 0 spiro atoms. The summed E-state index contributed by atoms with van der Waals surface area (Å²) in [4.78, 5) is 63.2. The lowest BCUT2D eigenvalue weighted by atomic mass is 10.0. The van der Waals surface area contributed by atoms with E-state index in [0.29, 0.717) is 54.8 Å². The van der Waals surface area contributed by atoms with Crippen LogP contribution in [0.3, 0.4) is 0 Å². The minimum Gasteiger partial charge on any atom is -0.496 e. The Bertz CT molecular complexity index is 3750. The van der Waals surface area contributed by atoms with E-state index in [0.717, 1.165) is 162 Å². The molecule has 4 amide bonds. The highest BCUT2D eigenvalue weighted by atomic mass is 79.9. The second kappa shape index (κ2) is 37.8. The highest BCUT2D eigenvalue weighted by Gasteiger charge is 2.26. The van der Waals surface area contributed by atoms with Crippen molar-refractivity contribution in [3.8, 4) is 28.7 Å². The number of halogens is 1. The average Bonchev–Trinajstić information content (AvgIpc) is 1.65. The van der Waals surface area contributed by atoms with Gasteiger partial charge in [0.2, 0.25) is 23.6 Å². The molecule has 7 aromatic rings. The maximum absolute atomic E-state index is 12.2. The maximum Gasteiger partial charge on any atom is 0.269 e. The number of benzene rings is 6. The van der Waals surface area contributed by atoms with E-state index >= 15 is 0 Å². The number of methoxy groups -OCH3 is 5. The number of primary amides is 1. The van der Waals surface area contributed by atoms with Crippen LogP contribution in [-0.2, 0) is 46.5 Å². The number of carbonyl (C=O) groups excluding carboxylic acids is 4. The minimum atomic E-state index is -0.425. The first kappa shape index (κ1) is 73.4. The third-order valence-electron chi connectivity index (χ3n) is 16.1. The number of likely N-dealkylation sites (tertiary alicyclic amines) is 1. The number of piperidine rings is 1. The second-order valence-corrected chi connectivity index (χ2v) is 23.1. The number of aromatic nitrogens is 1. The van der Waals surface area contributed by atoms with Crippen molar-refractivity contribution >= 4 is 78.9 Å². The smallest absolute Gasteiger partial charge is 0.269 e. The fourth-order valence-electron chi connectivity index (χ4n) is 11.3. The first-order chi connectivity index (χ1) is 45.5. The van der Waals surface area contributed by atoms with Gasteiger partial charge in [0.15, 0.2) is 0 Å². The number of nitrogens with one attached hydrogen (secondary N) is 1. The summed E-state index contributed by atoms with van der Waals surface area (Å²) >= 11 is 3.23. The van der Waals surface area contributed by atoms with E-state index in [9.17, 15) is 29.3 Å². The van der Waals surface area contributed by atoms with Crippen molar-refractivity contribution in [1.29, 1.82) is 0 Å². The number of carbonyl (C=O) groups is 4. The van der Waals surface area contributed by atoms with Crippen LogP contribution in [0.1, 0.15) is 89.2 Å². The van der Waals surface area contributed by atoms with E-state index < -0.39 is 10.8 Å². The van der Waals surface area contributed by atoms with Gasteiger partial charge in [-0.2, -0.15) is 0 Å². The molecular weight excluding hydrogens is 1260 g/mol. The second-order valence-electron chi connectivity index (χ2n) is 22.3. The number of anilines is 4. The average molecular weight is 1350 g/mol. The van der Waals surface area contributed by atoms with E-state index in [4.69, 9.17) is 35.2 Å². The third-order valence-corrected chi connectivity index (χ3v) is 16.5. The van der Waals surface area contributed by atoms with Gasteiger partial charge in [-0.1, -0.05) is 46.3 Å². The SMILES string of the molecule is C=CCc1cc(N)ccc1OC.C=CCc1cc(N2CCCC2=O)ccc1OC.C=CCc1cc(NC(=O)CCBr)ccc1OC.C=CCc1cc([N+](=O)[O-])ccc1OC.COc1ccc(N2CCCC2=O)cc1CCN1CCC(n2ccc3ccc(C(N)=O)cc32)CC1. The van der Waals surface area contributed by atoms with Crippen LogP contribution in [0.4, 0.5) is 28.4 Å². The highest BCUT2D eigenvalue weighted by Crippen LogP contribution is 2.33. The molecule has 498 valence electrons. The lowest BCUT2D eigenvalue weighted by Crippen LogP contribution is -2.36. The van der Waals surface area contributed by atoms with E-state index in [1.165, 1.54) is 19.2 Å². The zero-order valence-electron chi connectivity index (χ0n) is 54.7. The Hall–Kier alpha value is -9.66. The van der Waals surface area contributed by atoms with Gasteiger partial charge in [0.25, 0.3) is 5.69 Å². The number of nitrogens with zero attached hydrogens (tertiary/aromatic N) is 5. The van der Waals surface area contributed by atoms with Gasteiger partial charge in [-0.3, -0.25) is 29.3 Å². The summed E-state index contributed by atoms with van der Waals surface area (Å²) in [6, 6.07) is 35.9. The fourth-order valence-corrected chi connectivity index (χ4v) is 11.7. The maximum atomic E-state index is 12.2. The van der Waals surface area contributed by atoms with Crippen molar-refractivity contribution in [3.63, 3.8) is 0 Å². The van der Waals surface area contributed by atoms with E-state index in [2.05, 4.69) is 75.4 Å². The van der Waals surface area contributed by atoms with Crippen molar-refractivity contribution < 1.29 is 47.8 Å². The molecule has 5 N–H and O–H groups in total. The number of nitro groups is 1. The standard InChI is InChI=1S/C27H32N4O3.C14H17NO2.C13H16BrNO2.C10H11NO3.C10H13NO/c1-34-25-7-6-23(31-12-2-3-26(31)32)17-20(25)8-13-29-14-10-22(11-15-29)30-16-9-19-4-5-21(27(28)33)18-24(19)30;1-3-5-11-10-12(7-8-13(11)17-2)15-9-4-6-14(15)16;1-3-4-10-9-11(5-6-12(10)17-2)15-13(16)7-8-14;1-3-4-8-7-9(11(12)13)5-6-10(8)14-2;1-3-4-8-7-9(11)5-6-10(8)12-2/h4-7,9,16-18,22H,2-3,8,10-15H2,1H3,(H2,28,33);3,7-8,10H,1,4-6,9H2,2H3;3,5-6,9H,1,4,7-8H2,2H3,(H,15,16);3,5-7H,1,4H2,2H3;3,5-7H,1,4,11H2,2H3. The monoisotopic (exact) mass is 1340 g/mol. The number of hydrogen-bond acceptors (Lipinski definition) is 13. The molecule has 0 bridgehead atoms. The zero-order valence-corrected chi connectivity index (χ0v) is 56.3. The quantitative estimate of drug-likeness (QED) is 0.0168. The largest absolute Gasteiger partial charge is 0.496 e. The summed E-state index contributed by atoms with van der Waals surface area (Å²) in [6.45, 7) is 19.3. The fraction of sp³-hybridized carbons (Fsp3) is 0.324. The molecular formula is C74H89BrN8O11. The number of ether oxygens (including phenoxy) is 5. The molecule has 0 saturated carbocycles. The van der Waals surface area contributed by atoms with Crippen LogP contribution in [0.5, 0.6) is 28.7 Å². The van der Waals surface area contributed by atoms with Crippen LogP contribution in [-0.4, -0.2) is 112 Å². The van der Waals surface area contributed by atoms with Crippen molar-refractivity contribution in [1.82, 2.24) is 9.47 Å². The Morgan fingerprint density at radius 2 is 1.10 bits per heavy atom. The van der Waals surface area contributed by atoms with Crippen LogP contribution < -0.4 is 50.3 Å². The van der Waals surface area contributed by atoms with E-state index in [-0.39, 0.29) is 23.4 Å². The van der Waals surface area contributed by atoms with Crippen molar-refractivity contribution in [2.24, 2.45) is 5.73 Å². The van der Waals surface area contributed by atoms with Gasteiger partial charge in [-0.05, 0) is 182 Å². The number of alkyl halides is 1. The Balaban J connectivity index is 0.000000199. The molecule has 3 fully saturated rings. The van der Waals surface area contributed by atoms with Crippen LogP contribution in [0.2, 0.25) is 0 Å². The molecule has 0 radical (unpaired) electrons. The normalized spacial score (nSPS) is 13.5. The zero-order chi connectivity index (χ0) is 68.1. The number of allylic oxidation sites excluding steroid dienone is 4. The number of hydrogen-bond donors (Lipinski definition) is 3. The van der Waals surface area contributed by atoms with Gasteiger partial charge >= 0.3 is 0 Å². The molecule has 0 aliphatic carbocycles. The van der Waals surface area contributed by atoms with Crippen LogP contribution in [0.25, 0.3) is 10.9 Å². The van der Waals surface area contributed by atoms with Gasteiger partial charge < -0.3 is 59.7 Å². The highest BCUT2D eigenvalue weighted by molar-refractivity contribution is 9.09. The molecule has 94 heavy (non-hydrogen) atoms. The number of non-ortho nitro benzene ring substituents is 1. The molecule has 1 aromatic heterocycles. The molecule has 4 heterocycles. The van der Waals surface area contributed by atoms with Gasteiger partial charge in [0.05, 0.1) is 40.5 Å². The van der Waals surface area contributed by atoms with E-state index in [1.54, 1.807) is 46.6 Å². The van der Waals surface area contributed by atoms with Crippen LogP contribution in [0.15, 0.2) is 172 Å². The number of fused-ring (bicyclic) bond motifs is 1. The van der Waals surface area contributed by atoms with Crippen molar-refractivity contribution in [2.45, 2.75) is 83.1 Å². The molecule has 3 aliphatic rings. The number of rotatable bonds is 24. The van der Waals surface area contributed by atoms with Gasteiger partial charge in [0, 0.05) is 121 Å². The van der Waals surface area contributed by atoms with Crippen LogP contribution in [0, 0.1) is 10.1 Å². The van der Waals surface area contributed by atoms with Crippen LogP contribution >= 0.6 is 15.9 Å². The number of nitrogen functional groups attached to an aromatic ring is 1. The first-order valence-electron chi connectivity index (χ1n) is 31.2. The Kier molecular flexibility index (Phi) is 29.5. The minimum absolute atomic E-state index is 0.00315. The molecule has 20 heteroatoms. The molecule has 3 saturated heterocycles. The number of nitrogens with two attached hydrogens (primary N) is 2. The molecule has 0 unspecified atom stereocenters.